The SMILES string of the molecule is CCC(Cl)CCNc1cc(SC)ncn1. The molecule has 1 aromatic rings. The fourth-order valence-corrected chi connectivity index (χ4v) is 1.60. The first-order chi connectivity index (χ1) is 7.26. The lowest BCUT2D eigenvalue weighted by atomic mass is 10.2. The van der Waals surface area contributed by atoms with Crippen LogP contribution in [0.15, 0.2) is 17.4 Å². The van der Waals surface area contributed by atoms with Crippen molar-refractivity contribution in [1.82, 2.24) is 9.97 Å². The second kappa shape index (κ2) is 6.90. The van der Waals surface area contributed by atoms with Gasteiger partial charge >= 0.3 is 0 Å². The zero-order valence-corrected chi connectivity index (χ0v) is 10.6. The predicted octanol–water partition coefficient (Wildman–Crippen LogP) is 3.02. The summed E-state index contributed by atoms with van der Waals surface area (Å²) in [5.74, 6) is 0.870. The van der Waals surface area contributed by atoms with E-state index in [0.29, 0.717) is 0 Å². The van der Waals surface area contributed by atoms with Crippen LogP contribution in [-0.2, 0) is 0 Å². The van der Waals surface area contributed by atoms with E-state index in [9.17, 15) is 0 Å². The van der Waals surface area contributed by atoms with Crippen molar-refractivity contribution in [2.45, 2.75) is 30.2 Å². The maximum absolute atomic E-state index is 6.01. The highest BCUT2D eigenvalue weighted by molar-refractivity contribution is 7.98. The van der Waals surface area contributed by atoms with Gasteiger partial charge in [0.25, 0.3) is 0 Å². The number of nitrogens with zero attached hydrogens (tertiary/aromatic N) is 2. The number of alkyl halides is 1. The van der Waals surface area contributed by atoms with E-state index in [-0.39, 0.29) is 5.38 Å². The Labute approximate surface area is 100 Å². The van der Waals surface area contributed by atoms with Crippen LogP contribution in [0.4, 0.5) is 5.82 Å². The first-order valence-electron chi connectivity index (χ1n) is 5.00. The molecule has 1 unspecified atom stereocenters. The van der Waals surface area contributed by atoms with Gasteiger partial charge in [-0.1, -0.05) is 6.92 Å². The first-order valence-corrected chi connectivity index (χ1v) is 6.66. The highest BCUT2D eigenvalue weighted by Crippen LogP contribution is 2.14. The number of hydrogen-bond acceptors (Lipinski definition) is 4. The van der Waals surface area contributed by atoms with Crippen molar-refractivity contribution in [1.29, 1.82) is 0 Å². The molecule has 1 atom stereocenters. The van der Waals surface area contributed by atoms with Crippen molar-refractivity contribution in [2.24, 2.45) is 0 Å². The summed E-state index contributed by atoms with van der Waals surface area (Å²) < 4.78 is 0. The van der Waals surface area contributed by atoms with Crippen molar-refractivity contribution in [3.8, 4) is 0 Å². The minimum atomic E-state index is 0.249. The van der Waals surface area contributed by atoms with E-state index < -0.39 is 0 Å². The van der Waals surface area contributed by atoms with Crippen molar-refractivity contribution in [3.05, 3.63) is 12.4 Å². The lowest BCUT2D eigenvalue weighted by Crippen LogP contribution is -2.09. The molecule has 0 aliphatic heterocycles. The average molecular weight is 246 g/mol. The molecule has 84 valence electrons. The van der Waals surface area contributed by atoms with Gasteiger partial charge in [-0.25, -0.2) is 9.97 Å². The molecule has 1 N–H and O–H groups in total. The molecule has 0 amide bonds. The molecule has 0 aliphatic rings. The van der Waals surface area contributed by atoms with E-state index in [4.69, 9.17) is 11.6 Å². The van der Waals surface area contributed by atoms with Crippen LogP contribution in [-0.4, -0.2) is 28.1 Å². The minimum absolute atomic E-state index is 0.249. The highest BCUT2D eigenvalue weighted by atomic mass is 35.5. The molecule has 3 nitrogen and oxygen atoms in total. The van der Waals surface area contributed by atoms with Crippen LogP contribution in [0.1, 0.15) is 19.8 Å². The second-order valence-corrected chi connectivity index (χ2v) is 4.61. The molecule has 1 aromatic heterocycles. The molecular formula is C10H16ClN3S. The van der Waals surface area contributed by atoms with E-state index >= 15 is 0 Å². The third-order valence-corrected chi connectivity index (χ3v) is 3.23. The summed E-state index contributed by atoms with van der Waals surface area (Å²) in [5, 5.41) is 4.46. The number of hydrogen-bond donors (Lipinski definition) is 1. The van der Waals surface area contributed by atoms with E-state index in [1.165, 1.54) is 0 Å². The molecule has 0 saturated heterocycles. The Bertz CT molecular complexity index is 296. The zero-order valence-electron chi connectivity index (χ0n) is 9.03. The number of halogens is 1. The summed E-state index contributed by atoms with van der Waals surface area (Å²) in [6, 6.07) is 1.94. The minimum Gasteiger partial charge on any atom is -0.370 e. The van der Waals surface area contributed by atoms with Gasteiger partial charge in [-0.2, -0.15) is 0 Å². The number of rotatable bonds is 6. The molecule has 0 radical (unpaired) electrons. The predicted molar refractivity (Wildman–Crippen MR) is 66.9 cm³/mol. The Balaban J connectivity index is 2.37. The van der Waals surface area contributed by atoms with Crippen molar-refractivity contribution in [2.75, 3.05) is 18.1 Å². The molecule has 0 fully saturated rings. The average Bonchev–Trinajstić information content (AvgIpc) is 2.29. The standard InChI is InChI=1S/C10H16ClN3S/c1-3-8(11)4-5-12-9-6-10(15-2)14-7-13-9/h6-8H,3-5H2,1-2H3,(H,12,13,14). The maximum Gasteiger partial charge on any atom is 0.130 e. The number of nitrogens with one attached hydrogen (secondary N) is 1. The molecule has 15 heavy (non-hydrogen) atoms. The molecule has 0 bridgehead atoms. The number of thioether (sulfide) groups is 1. The van der Waals surface area contributed by atoms with Crippen molar-refractivity contribution >= 4 is 29.2 Å². The summed E-state index contributed by atoms with van der Waals surface area (Å²) in [4.78, 5) is 8.23. The molecule has 1 heterocycles. The lowest BCUT2D eigenvalue weighted by Gasteiger charge is -2.08. The Kier molecular flexibility index (Phi) is 5.79. The van der Waals surface area contributed by atoms with E-state index in [2.05, 4.69) is 22.2 Å². The number of aromatic nitrogens is 2. The number of anilines is 1. The van der Waals surface area contributed by atoms with Gasteiger partial charge in [-0.15, -0.1) is 23.4 Å². The van der Waals surface area contributed by atoms with Crippen LogP contribution >= 0.6 is 23.4 Å². The summed E-state index contributed by atoms with van der Waals surface area (Å²) >= 11 is 7.62. The van der Waals surface area contributed by atoms with E-state index in [1.807, 2.05) is 12.3 Å². The van der Waals surface area contributed by atoms with E-state index in [1.54, 1.807) is 18.1 Å². The van der Waals surface area contributed by atoms with E-state index in [0.717, 1.165) is 30.2 Å². The summed E-state index contributed by atoms with van der Waals surface area (Å²) in [5.41, 5.74) is 0. The van der Waals surface area contributed by atoms with Crippen LogP contribution in [0.3, 0.4) is 0 Å². The Hall–Kier alpha value is -0.480. The second-order valence-electron chi connectivity index (χ2n) is 3.17. The zero-order chi connectivity index (χ0) is 11.1. The molecule has 0 aliphatic carbocycles. The topological polar surface area (TPSA) is 37.8 Å². The fourth-order valence-electron chi connectivity index (χ4n) is 1.11. The van der Waals surface area contributed by atoms with Crippen LogP contribution in [0.25, 0.3) is 0 Å². The molecule has 0 aromatic carbocycles. The molecular weight excluding hydrogens is 230 g/mol. The van der Waals surface area contributed by atoms with Gasteiger partial charge in [-0.3, -0.25) is 0 Å². The van der Waals surface area contributed by atoms with Gasteiger partial charge in [0.15, 0.2) is 0 Å². The van der Waals surface area contributed by atoms with Crippen molar-refractivity contribution < 1.29 is 0 Å². The largest absolute Gasteiger partial charge is 0.370 e. The molecule has 0 saturated carbocycles. The van der Waals surface area contributed by atoms with Crippen LogP contribution < -0.4 is 5.32 Å². The van der Waals surface area contributed by atoms with Gasteiger partial charge in [0.1, 0.15) is 17.2 Å². The van der Waals surface area contributed by atoms with Crippen LogP contribution in [0.2, 0.25) is 0 Å². The lowest BCUT2D eigenvalue weighted by molar-refractivity contribution is 0.751. The van der Waals surface area contributed by atoms with Crippen molar-refractivity contribution in [3.63, 3.8) is 0 Å². The maximum atomic E-state index is 6.01. The normalized spacial score (nSPS) is 12.5. The van der Waals surface area contributed by atoms with Crippen LogP contribution in [0, 0.1) is 0 Å². The third-order valence-electron chi connectivity index (χ3n) is 2.06. The highest BCUT2D eigenvalue weighted by Gasteiger charge is 2.01. The molecule has 5 heteroatoms. The molecule has 0 spiro atoms. The van der Waals surface area contributed by atoms with Gasteiger partial charge < -0.3 is 5.32 Å². The Morgan fingerprint density at radius 2 is 2.33 bits per heavy atom. The Morgan fingerprint density at radius 3 is 3.00 bits per heavy atom. The Morgan fingerprint density at radius 1 is 1.53 bits per heavy atom. The molecule has 1 rings (SSSR count). The fraction of sp³-hybridized carbons (Fsp3) is 0.600. The monoisotopic (exact) mass is 245 g/mol. The summed E-state index contributed by atoms with van der Waals surface area (Å²) in [6.45, 7) is 2.95. The summed E-state index contributed by atoms with van der Waals surface area (Å²) in [6.07, 6.45) is 5.53. The van der Waals surface area contributed by atoms with Gasteiger partial charge in [0.2, 0.25) is 0 Å². The quantitative estimate of drug-likeness (QED) is 0.475. The van der Waals surface area contributed by atoms with Gasteiger partial charge in [-0.05, 0) is 19.1 Å². The van der Waals surface area contributed by atoms with Gasteiger partial charge in [0, 0.05) is 18.0 Å². The van der Waals surface area contributed by atoms with Gasteiger partial charge in [0.05, 0.1) is 0 Å². The smallest absolute Gasteiger partial charge is 0.130 e. The summed E-state index contributed by atoms with van der Waals surface area (Å²) in [7, 11) is 0. The first kappa shape index (κ1) is 12.6. The van der Waals surface area contributed by atoms with Crippen LogP contribution in [0.5, 0.6) is 0 Å². The third kappa shape index (κ3) is 4.71.